The summed E-state index contributed by atoms with van der Waals surface area (Å²) in [7, 11) is 4.04. The first-order valence-corrected chi connectivity index (χ1v) is 5.56. The van der Waals surface area contributed by atoms with Crippen LogP contribution >= 0.6 is 0 Å². The molecule has 0 N–H and O–H groups in total. The molecule has 0 bridgehead atoms. The number of likely N-dealkylation sites (N-methyl/N-ethyl adjacent to an activating group) is 1. The highest BCUT2D eigenvalue weighted by Gasteiger charge is 2.25. The zero-order chi connectivity index (χ0) is 11.4. The predicted octanol–water partition coefficient (Wildman–Crippen LogP) is 0.431. The molecule has 1 amide bonds. The molecule has 0 radical (unpaired) electrons. The van der Waals surface area contributed by atoms with Gasteiger partial charge in [0.15, 0.2) is 0 Å². The number of amides is 1. The Morgan fingerprint density at radius 3 is 2.73 bits per heavy atom. The number of hydrogen-bond acceptors (Lipinski definition) is 3. The molecule has 1 unspecified atom stereocenters. The van der Waals surface area contributed by atoms with Crippen LogP contribution in [-0.4, -0.2) is 62.1 Å². The lowest BCUT2D eigenvalue weighted by molar-refractivity contribution is -0.142. The molecule has 0 saturated carbocycles. The van der Waals surface area contributed by atoms with Gasteiger partial charge in [-0.15, -0.1) is 0 Å². The van der Waals surface area contributed by atoms with Gasteiger partial charge >= 0.3 is 0 Å². The molecule has 1 aliphatic rings. The van der Waals surface area contributed by atoms with E-state index in [9.17, 15) is 4.79 Å². The summed E-state index contributed by atoms with van der Waals surface area (Å²) in [5.41, 5.74) is 0. The molecule has 1 aliphatic heterocycles. The topological polar surface area (TPSA) is 32.8 Å². The summed E-state index contributed by atoms with van der Waals surface area (Å²) in [6, 6.07) is 0. The van der Waals surface area contributed by atoms with Crippen LogP contribution in [-0.2, 0) is 9.53 Å². The van der Waals surface area contributed by atoms with Gasteiger partial charge in [0.1, 0.15) is 0 Å². The standard InChI is InChI=1S/C11H22N2O2/c1-9(2)11(14)13-5-6-15-10(8-13)7-12(3)4/h9-10H,5-8H2,1-4H3. The van der Waals surface area contributed by atoms with Gasteiger partial charge in [-0.25, -0.2) is 0 Å². The largest absolute Gasteiger partial charge is 0.373 e. The lowest BCUT2D eigenvalue weighted by Crippen LogP contribution is -2.49. The van der Waals surface area contributed by atoms with Crippen LogP contribution in [0.1, 0.15) is 13.8 Å². The molecule has 4 heteroatoms. The minimum Gasteiger partial charge on any atom is -0.373 e. The summed E-state index contributed by atoms with van der Waals surface area (Å²) >= 11 is 0. The first-order chi connectivity index (χ1) is 7.00. The van der Waals surface area contributed by atoms with E-state index in [0.29, 0.717) is 6.61 Å². The molecule has 0 aromatic rings. The normalized spacial score (nSPS) is 22.5. The zero-order valence-electron chi connectivity index (χ0n) is 10.2. The second-order valence-corrected chi connectivity index (χ2v) is 4.69. The van der Waals surface area contributed by atoms with Crippen LogP contribution in [0.2, 0.25) is 0 Å². The Labute approximate surface area is 92.2 Å². The molecule has 1 saturated heterocycles. The molecule has 88 valence electrons. The molecule has 0 aromatic carbocycles. The molecule has 15 heavy (non-hydrogen) atoms. The summed E-state index contributed by atoms with van der Waals surface area (Å²) < 4.78 is 5.61. The lowest BCUT2D eigenvalue weighted by Gasteiger charge is -2.35. The van der Waals surface area contributed by atoms with Gasteiger partial charge in [-0.2, -0.15) is 0 Å². The smallest absolute Gasteiger partial charge is 0.225 e. The van der Waals surface area contributed by atoms with Crippen molar-refractivity contribution in [3.63, 3.8) is 0 Å². The van der Waals surface area contributed by atoms with Crippen molar-refractivity contribution >= 4 is 5.91 Å². The fraction of sp³-hybridized carbons (Fsp3) is 0.909. The second kappa shape index (κ2) is 5.47. The summed E-state index contributed by atoms with van der Waals surface area (Å²) in [4.78, 5) is 15.8. The van der Waals surface area contributed by atoms with Crippen molar-refractivity contribution in [3.8, 4) is 0 Å². The van der Waals surface area contributed by atoms with Crippen LogP contribution < -0.4 is 0 Å². The first-order valence-electron chi connectivity index (χ1n) is 5.56. The highest BCUT2D eigenvalue weighted by Crippen LogP contribution is 2.09. The molecule has 0 aromatic heterocycles. The van der Waals surface area contributed by atoms with Crippen LogP contribution in [0.25, 0.3) is 0 Å². The zero-order valence-corrected chi connectivity index (χ0v) is 10.2. The minimum atomic E-state index is 0.0862. The van der Waals surface area contributed by atoms with E-state index in [1.165, 1.54) is 0 Å². The van der Waals surface area contributed by atoms with Gasteiger partial charge in [-0.05, 0) is 14.1 Å². The highest BCUT2D eigenvalue weighted by molar-refractivity contribution is 5.78. The maximum Gasteiger partial charge on any atom is 0.225 e. The monoisotopic (exact) mass is 214 g/mol. The van der Waals surface area contributed by atoms with Crippen molar-refractivity contribution in [2.24, 2.45) is 5.92 Å². The Morgan fingerprint density at radius 1 is 1.53 bits per heavy atom. The van der Waals surface area contributed by atoms with Crippen LogP contribution in [0.3, 0.4) is 0 Å². The Morgan fingerprint density at radius 2 is 2.20 bits per heavy atom. The van der Waals surface area contributed by atoms with Crippen LogP contribution in [0.4, 0.5) is 0 Å². The first kappa shape index (κ1) is 12.5. The van der Waals surface area contributed by atoms with Gasteiger partial charge in [-0.1, -0.05) is 13.8 Å². The summed E-state index contributed by atoms with van der Waals surface area (Å²) in [5.74, 6) is 0.324. The van der Waals surface area contributed by atoms with Crippen molar-refractivity contribution in [1.82, 2.24) is 9.80 Å². The van der Waals surface area contributed by atoms with E-state index in [1.54, 1.807) is 0 Å². The molecular weight excluding hydrogens is 192 g/mol. The Bertz CT molecular complexity index is 217. The SMILES string of the molecule is CC(C)C(=O)N1CCOC(CN(C)C)C1. The van der Waals surface area contributed by atoms with Gasteiger partial charge in [0.05, 0.1) is 12.7 Å². The predicted molar refractivity (Wildman–Crippen MR) is 59.7 cm³/mol. The number of carbonyl (C=O) groups excluding carboxylic acids is 1. The van der Waals surface area contributed by atoms with Gasteiger partial charge < -0.3 is 14.5 Å². The highest BCUT2D eigenvalue weighted by atomic mass is 16.5. The van der Waals surface area contributed by atoms with Gasteiger partial charge in [-0.3, -0.25) is 4.79 Å². The number of nitrogens with zero attached hydrogens (tertiary/aromatic N) is 2. The van der Waals surface area contributed by atoms with E-state index in [4.69, 9.17) is 4.74 Å². The third-order valence-electron chi connectivity index (χ3n) is 2.51. The van der Waals surface area contributed by atoms with Crippen LogP contribution in [0.15, 0.2) is 0 Å². The fourth-order valence-corrected chi connectivity index (χ4v) is 1.80. The summed E-state index contributed by atoms with van der Waals surface area (Å²) in [5, 5.41) is 0. The third-order valence-corrected chi connectivity index (χ3v) is 2.51. The van der Waals surface area contributed by atoms with Crippen molar-refractivity contribution in [1.29, 1.82) is 0 Å². The Balaban J connectivity index is 2.45. The molecule has 4 nitrogen and oxygen atoms in total. The van der Waals surface area contributed by atoms with Gasteiger partial charge in [0.2, 0.25) is 5.91 Å². The second-order valence-electron chi connectivity index (χ2n) is 4.69. The van der Waals surface area contributed by atoms with E-state index in [1.807, 2.05) is 32.8 Å². The Kier molecular flexibility index (Phi) is 4.54. The van der Waals surface area contributed by atoms with Crippen LogP contribution in [0, 0.1) is 5.92 Å². The van der Waals surface area contributed by atoms with Crippen LogP contribution in [0.5, 0.6) is 0 Å². The van der Waals surface area contributed by atoms with Crippen molar-refractivity contribution in [3.05, 3.63) is 0 Å². The number of carbonyl (C=O) groups is 1. The average Bonchev–Trinajstić information content (AvgIpc) is 2.16. The van der Waals surface area contributed by atoms with Crippen molar-refractivity contribution in [2.75, 3.05) is 40.3 Å². The Hall–Kier alpha value is -0.610. The van der Waals surface area contributed by atoms with E-state index >= 15 is 0 Å². The summed E-state index contributed by atoms with van der Waals surface area (Å²) in [6.07, 6.45) is 0.163. The molecular formula is C11H22N2O2. The molecule has 0 spiro atoms. The molecule has 1 atom stereocenters. The van der Waals surface area contributed by atoms with Gasteiger partial charge in [0, 0.05) is 25.6 Å². The van der Waals surface area contributed by atoms with Crippen molar-refractivity contribution in [2.45, 2.75) is 20.0 Å². The van der Waals surface area contributed by atoms with E-state index in [-0.39, 0.29) is 17.9 Å². The quantitative estimate of drug-likeness (QED) is 0.683. The average molecular weight is 214 g/mol. The minimum absolute atomic E-state index is 0.0862. The van der Waals surface area contributed by atoms with E-state index < -0.39 is 0 Å². The molecule has 1 rings (SSSR count). The lowest BCUT2D eigenvalue weighted by atomic mass is 10.1. The molecule has 1 fully saturated rings. The van der Waals surface area contributed by atoms with E-state index in [0.717, 1.165) is 19.6 Å². The molecule has 0 aliphatic carbocycles. The maximum atomic E-state index is 11.8. The number of morpholine rings is 1. The van der Waals surface area contributed by atoms with Gasteiger partial charge in [0.25, 0.3) is 0 Å². The van der Waals surface area contributed by atoms with Crippen molar-refractivity contribution < 1.29 is 9.53 Å². The van der Waals surface area contributed by atoms with E-state index in [2.05, 4.69) is 4.90 Å². The summed E-state index contributed by atoms with van der Waals surface area (Å²) in [6.45, 7) is 6.90. The number of hydrogen-bond donors (Lipinski definition) is 0. The maximum absolute atomic E-state index is 11.8. The third kappa shape index (κ3) is 3.80. The molecule has 1 heterocycles. The fourth-order valence-electron chi connectivity index (χ4n) is 1.80. The number of ether oxygens (including phenoxy) is 1. The number of rotatable bonds is 3.